The van der Waals surface area contributed by atoms with Crippen LogP contribution in [0.1, 0.15) is 121 Å². The summed E-state index contributed by atoms with van der Waals surface area (Å²) in [5, 5.41) is 10.8. The van der Waals surface area contributed by atoms with Gasteiger partial charge in [-0.25, -0.2) is 0 Å². The molecule has 188 valence electrons. The number of hydrogen-bond donors (Lipinski definition) is 1. The monoisotopic (exact) mass is 454 g/mol. The van der Waals surface area contributed by atoms with Crippen LogP contribution in [0.15, 0.2) is 23.3 Å². The third-order valence-corrected chi connectivity index (χ3v) is 12.5. The quantitative estimate of drug-likeness (QED) is 0.422. The van der Waals surface area contributed by atoms with E-state index in [0.29, 0.717) is 16.7 Å². The molecule has 0 saturated heterocycles. The van der Waals surface area contributed by atoms with Crippen molar-refractivity contribution in [3.63, 3.8) is 0 Å². The summed E-state index contributed by atoms with van der Waals surface area (Å²) < 4.78 is 0. The van der Waals surface area contributed by atoms with E-state index in [0.717, 1.165) is 24.2 Å². The van der Waals surface area contributed by atoms with Crippen LogP contribution in [0.25, 0.3) is 0 Å². The lowest BCUT2D eigenvalue weighted by atomic mass is 9.41. The minimum atomic E-state index is -0.140. The van der Waals surface area contributed by atoms with Gasteiger partial charge in [0.05, 0.1) is 6.10 Å². The summed E-state index contributed by atoms with van der Waals surface area (Å²) in [6.07, 6.45) is 15.2. The highest BCUT2D eigenvalue weighted by Gasteiger charge is 2.65. The van der Waals surface area contributed by atoms with Crippen LogP contribution >= 0.6 is 0 Å². The van der Waals surface area contributed by atoms with E-state index in [1.54, 1.807) is 11.1 Å². The van der Waals surface area contributed by atoms with Gasteiger partial charge in [0.2, 0.25) is 0 Å². The molecule has 0 bridgehead atoms. The van der Waals surface area contributed by atoms with Gasteiger partial charge in [0.25, 0.3) is 0 Å². The molecule has 0 spiro atoms. The maximum Gasteiger partial charge on any atom is 0.0594 e. The lowest BCUT2D eigenvalue weighted by Gasteiger charge is -2.64. The molecule has 4 rings (SSSR count). The maximum atomic E-state index is 10.8. The maximum absolute atomic E-state index is 10.8. The van der Waals surface area contributed by atoms with E-state index in [4.69, 9.17) is 0 Å². The van der Waals surface area contributed by atoms with Gasteiger partial charge in [-0.2, -0.15) is 0 Å². The first kappa shape index (κ1) is 25.5. The van der Waals surface area contributed by atoms with E-state index in [1.165, 1.54) is 44.9 Å². The predicted molar refractivity (Wildman–Crippen MR) is 142 cm³/mol. The zero-order chi connectivity index (χ0) is 24.6. The molecule has 4 aliphatic carbocycles. The second kappa shape index (κ2) is 7.97. The largest absolute Gasteiger partial charge is 0.393 e. The van der Waals surface area contributed by atoms with Crippen LogP contribution in [0.4, 0.5) is 0 Å². The molecule has 0 aliphatic heterocycles. The Hall–Kier alpha value is -0.560. The van der Waals surface area contributed by atoms with E-state index < -0.39 is 0 Å². The predicted octanol–water partition coefficient (Wildman–Crippen LogP) is 8.97. The Morgan fingerprint density at radius 2 is 1.70 bits per heavy atom. The van der Waals surface area contributed by atoms with Crippen molar-refractivity contribution in [2.75, 3.05) is 0 Å². The Morgan fingerprint density at radius 3 is 2.33 bits per heavy atom. The van der Waals surface area contributed by atoms with Gasteiger partial charge in [-0.1, -0.05) is 85.6 Å². The summed E-state index contributed by atoms with van der Waals surface area (Å²) >= 11 is 0. The average Bonchev–Trinajstić information content (AvgIpc) is 3.00. The molecule has 4 aliphatic rings. The first-order valence-electron chi connectivity index (χ1n) is 14.1. The Bertz CT molecular complexity index is 824. The van der Waals surface area contributed by atoms with Crippen molar-refractivity contribution in [2.24, 2.45) is 50.7 Å². The molecule has 0 aromatic carbocycles. The smallest absolute Gasteiger partial charge is 0.0594 e. The van der Waals surface area contributed by atoms with Crippen LogP contribution in [-0.4, -0.2) is 11.2 Å². The van der Waals surface area contributed by atoms with Crippen molar-refractivity contribution in [1.29, 1.82) is 0 Å². The molecule has 1 nitrogen and oxygen atoms in total. The SMILES string of the molecule is C/C(=C\C[C@@H](C)[C@H]1CC[C@@]2(C)[C@@H]3CC[C@H]4C(C)(C)[C@@H](O)CC[C@]4(C)C3=CC[C@]12C)C(C)(C)C. The second-order valence-corrected chi connectivity index (χ2v) is 15.2. The fourth-order valence-corrected chi connectivity index (χ4v) is 9.50. The highest BCUT2D eigenvalue weighted by Crippen LogP contribution is 2.73. The normalized spacial score (nSPS) is 46.2. The molecule has 0 aromatic rings. The molecule has 0 heterocycles. The van der Waals surface area contributed by atoms with E-state index >= 15 is 0 Å². The Labute approximate surface area is 205 Å². The van der Waals surface area contributed by atoms with E-state index in [9.17, 15) is 5.11 Å². The van der Waals surface area contributed by atoms with Gasteiger partial charge in [0.15, 0.2) is 0 Å². The zero-order valence-electron chi connectivity index (χ0n) is 23.6. The molecule has 8 atom stereocenters. The Kier molecular flexibility index (Phi) is 6.17. The summed E-state index contributed by atoms with van der Waals surface area (Å²) in [5.74, 6) is 2.93. The molecule has 0 aromatic heterocycles. The number of aliphatic hydroxyl groups is 1. The first-order chi connectivity index (χ1) is 15.1. The van der Waals surface area contributed by atoms with Crippen molar-refractivity contribution in [2.45, 2.75) is 127 Å². The molecule has 1 N–H and O–H groups in total. The number of aliphatic hydroxyl groups excluding tert-OH is 1. The molecule has 1 heteroatoms. The van der Waals surface area contributed by atoms with Gasteiger partial charge in [-0.05, 0) is 109 Å². The number of fused-ring (bicyclic) bond motifs is 5. The van der Waals surface area contributed by atoms with Crippen molar-refractivity contribution in [1.82, 2.24) is 0 Å². The lowest BCUT2D eigenvalue weighted by Crippen LogP contribution is -2.57. The summed E-state index contributed by atoms with van der Waals surface area (Å²) in [5.41, 5.74) is 4.78. The van der Waals surface area contributed by atoms with Gasteiger partial charge < -0.3 is 5.11 Å². The van der Waals surface area contributed by atoms with Gasteiger partial charge in [0.1, 0.15) is 0 Å². The highest BCUT2D eigenvalue weighted by atomic mass is 16.3. The van der Waals surface area contributed by atoms with Crippen LogP contribution in [0, 0.1) is 50.7 Å². The minimum Gasteiger partial charge on any atom is -0.393 e. The van der Waals surface area contributed by atoms with Crippen molar-refractivity contribution in [3.05, 3.63) is 23.3 Å². The van der Waals surface area contributed by atoms with E-state index in [-0.39, 0.29) is 22.3 Å². The van der Waals surface area contributed by atoms with Crippen LogP contribution in [0.5, 0.6) is 0 Å². The molecule has 0 amide bonds. The Balaban J connectivity index is 1.63. The van der Waals surface area contributed by atoms with Crippen molar-refractivity contribution >= 4 is 0 Å². The van der Waals surface area contributed by atoms with Gasteiger partial charge >= 0.3 is 0 Å². The molecule has 3 saturated carbocycles. The van der Waals surface area contributed by atoms with Crippen LogP contribution < -0.4 is 0 Å². The molecule has 33 heavy (non-hydrogen) atoms. The van der Waals surface area contributed by atoms with Gasteiger partial charge in [0, 0.05) is 0 Å². The fourth-order valence-electron chi connectivity index (χ4n) is 9.50. The summed E-state index contributed by atoms with van der Waals surface area (Å²) in [6, 6.07) is 0. The summed E-state index contributed by atoms with van der Waals surface area (Å²) in [4.78, 5) is 0. The van der Waals surface area contributed by atoms with Crippen LogP contribution in [0.3, 0.4) is 0 Å². The van der Waals surface area contributed by atoms with Crippen molar-refractivity contribution in [3.8, 4) is 0 Å². The van der Waals surface area contributed by atoms with Gasteiger partial charge in [-0.3, -0.25) is 0 Å². The second-order valence-electron chi connectivity index (χ2n) is 15.2. The van der Waals surface area contributed by atoms with Gasteiger partial charge in [-0.15, -0.1) is 0 Å². The van der Waals surface area contributed by atoms with E-state index in [1.807, 2.05) is 0 Å². The topological polar surface area (TPSA) is 20.2 Å². The molecule has 3 fully saturated rings. The molecular formula is C32H54O. The highest BCUT2D eigenvalue weighted by molar-refractivity contribution is 5.32. The van der Waals surface area contributed by atoms with Crippen LogP contribution in [-0.2, 0) is 0 Å². The molecular weight excluding hydrogens is 400 g/mol. The average molecular weight is 455 g/mol. The summed E-state index contributed by atoms with van der Waals surface area (Å²) in [6.45, 7) is 24.5. The zero-order valence-corrected chi connectivity index (χ0v) is 23.6. The standard InChI is InChI=1S/C32H54O/c1-21(11-12-22(2)28(3,4)5)23-15-19-32(10)25-13-14-26-29(6,7)27(33)17-18-30(26,8)24(25)16-20-31(23,32)9/h12,16,21,23,25-27,33H,11,13-15,17-20H2,1-10H3/b22-12+/t21-,23-,25-,26+,27+,30-,31-,32+/m1/s1. The van der Waals surface area contributed by atoms with Crippen molar-refractivity contribution < 1.29 is 5.11 Å². The lowest BCUT2D eigenvalue weighted by molar-refractivity contribution is -0.118. The number of hydrogen-bond acceptors (Lipinski definition) is 1. The third kappa shape index (κ3) is 3.65. The van der Waals surface area contributed by atoms with Crippen LogP contribution in [0.2, 0.25) is 0 Å². The van der Waals surface area contributed by atoms with E-state index in [2.05, 4.69) is 81.4 Å². The first-order valence-corrected chi connectivity index (χ1v) is 14.1. The Morgan fingerprint density at radius 1 is 1.03 bits per heavy atom. The minimum absolute atomic E-state index is 0.0322. The summed E-state index contributed by atoms with van der Waals surface area (Å²) in [7, 11) is 0. The molecule has 0 unspecified atom stereocenters. The third-order valence-electron chi connectivity index (χ3n) is 12.5. The number of rotatable bonds is 3. The molecule has 0 radical (unpaired) electrons. The number of allylic oxidation sites excluding steroid dienone is 4. The fraction of sp³-hybridized carbons (Fsp3) is 0.875.